The molecule has 0 aliphatic carbocycles. The standard InChI is InChI=1S/C14H14Cl2N4O2/c15-11-4-3-9(6-12(11)16)19-20-13(7-17)14(21)18-8-10-2-1-5-22-10/h3-4,6,10,19H,1-2,5,8H2,(H,18,21). The fourth-order valence-electron chi connectivity index (χ4n) is 1.91. The molecule has 6 nitrogen and oxygen atoms in total. The molecule has 1 amide bonds. The largest absolute Gasteiger partial charge is 0.376 e. The summed E-state index contributed by atoms with van der Waals surface area (Å²) < 4.78 is 5.39. The van der Waals surface area contributed by atoms with Gasteiger partial charge in [0.2, 0.25) is 5.71 Å². The topological polar surface area (TPSA) is 86.5 Å². The maximum atomic E-state index is 11.9. The third-order valence-electron chi connectivity index (χ3n) is 3.05. The minimum absolute atomic E-state index is 0.00641. The number of nitrogens with one attached hydrogen (secondary N) is 2. The Morgan fingerprint density at radius 2 is 2.27 bits per heavy atom. The fourth-order valence-corrected chi connectivity index (χ4v) is 2.21. The van der Waals surface area contributed by atoms with Gasteiger partial charge in [-0.15, -0.1) is 0 Å². The van der Waals surface area contributed by atoms with Gasteiger partial charge < -0.3 is 10.1 Å². The third-order valence-corrected chi connectivity index (χ3v) is 3.79. The van der Waals surface area contributed by atoms with Gasteiger partial charge in [0.05, 0.1) is 21.8 Å². The molecule has 1 aromatic carbocycles. The fraction of sp³-hybridized carbons (Fsp3) is 0.357. The Hall–Kier alpha value is -1.81. The first kappa shape index (κ1) is 16.6. The number of carbonyl (C=O) groups excluding carboxylic acids is 1. The highest BCUT2D eigenvalue weighted by Crippen LogP contribution is 2.24. The number of hydrogen-bond acceptors (Lipinski definition) is 5. The molecule has 0 aromatic heterocycles. The number of hydrogen-bond donors (Lipinski definition) is 2. The molecule has 0 radical (unpaired) electrons. The van der Waals surface area contributed by atoms with Gasteiger partial charge in [-0.05, 0) is 31.0 Å². The Bertz CT molecular complexity index is 622. The van der Waals surface area contributed by atoms with Crippen LogP contribution in [0.2, 0.25) is 10.0 Å². The third kappa shape index (κ3) is 4.60. The molecular weight excluding hydrogens is 327 g/mol. The predicted molar refractivity (Wildman–Crippen MR) is 85.1 cm³/mol. The van der Waals surface area contributed by atoms with E-state index in [1.165, 1.54) is 0 Å². The number of amides is 1. The maximum Gasteiger partial charge on any atom is 0.282 e. The van der Waals surface area contributed by atoms with Crippen LogP contribution in [0, 0.1) is 11.3 Å². The summed E-state index contributed by atoms with van der Waals surface area (Å²) in [6.45, 7) is 1.07. The lowest BCUT2D eigenvalue weighted by molar-refractivity contribution is -0.115. The monoisotopic (exact) mass is 340 g/mol. The molecule has 8 heteroatoms. The van der Waals surface area contributed by atoms with E-state index in [-0.39, 0.29) is 11.8 Å². The van der Waals surface area contributed by atoms with Crippen molar-refractivity contribution in [1.82, 2.24) is 5.32 Å². The van der Waals surface area contributed by atoms with Crippen LogP contribution in [0.5, 0.6) is 0 Å². The SMILES string of the molecule is N#CC(=NNc1ccc(Cl)c(Cl)c1)C(=O)NCC1CCCO1. The maximum absolute atomic E-state index is 11.9. The molecule has 116 valence electrons. The number of nitriles is 1. The number of halogens is 2. The zero-order chi connectivity index (χ0) is 15.9. The van der Waals surface area contributed by atoms with E-state index in [1.807, 2.05) is 0 Å². The Labute approximate surface area is 138 Å². The quantitative estimate of drug-likeness (QED) is 0.637. The summed E-state index contributed by atoms with van der Waals surface area (Å²) >= 11 is 11.7. The number of carbonyl (C=O) groups is 1. The first-order valence-corrected chi connectivity index (χ1v) is 7.44. The molecule has 1 aliphatic rings. The number of rotatable bonds is 5. The Balaban J connectivity index is 1.92. The van der Waals surface area contributed by atoms with Gasteiger partial charge in [-0.25, -0.2) is 0 Å². The minimum Gasteiger partial charge on any atom is -0.376 e. The lowest BCUT2D eigenvalue weighted by Gasteiger charge is -2.09. The first-order chi connectivity index (χ1) is 10.6. The highest BCUT2D eigenvalue weighted by molar-refractivity contribution is 6.45. The average Bonchev–Trinajstić information content (AvgIpc) is 3.02. The van der Waals surface area contributed by atoms with Crippen molar-refractivity contribution in [3.8, 4) is 6.07 Å². The highest BCUT2D eigenvalue weighted by atomic mass is 35.5. The zero-order valence-electron chi connectivity index (χ0n) is 11.6. The molecule has 1 atom stereocenters. The van der Waals surface area contributed by atoms with E-state index in [2.05, 4.69) is 15.8 Å². The smallest absolute Gasteiger partial charge is 0.282 e. The molecule has 0 saturated carbocycles. The van der Waals surface area contributed by atoms with Gasteiger partial charge in [0.25, 0.3) is 5.91 Å². The molecule has 1 unspecified atom stereocenters. The second kappa shape index (κ2) is 7.99. The van der Waals surface area contributed by atoms with Gasteiger partial charge >= 0.3 is 0 Å². The zero-order valence-corrected chi connectivity index (χ0v) is 13.1. The molecule has 2 N–H and O–H groups in total. The van der Waals surface area contributed by atoms with Crippen molar-refractivity contribution in [2.75, 3.05) is 18.6 Å². The predicted octanol–water partition coefficient (Wildman–Crippen LogP) is 2.58. The Kier molecular flexibility index (Phi) is 6.01. The summed E-state index contributed by atoms with van der Waals surface area (Å²) in [6.07, 6.45) is 1.89. The molecule has 2 rings (SSSR count). The van der Waals surface area contributed by atoms with Gasteiger partial charge in [0.1, 0.15) is 6.07 Å². The number of anilines is 1. The van der Waals surface area contributed by atoms with Crippen LogP contribution in [-0.4, -0.2) is 30.9 Å². The molecule has 1 heterocycles. The van der Waals surface area contributed by atoms with Crippen LogP contribution in [-0.2, 0) is 9.53 Å². The van der Waals surface area contributed by atoms with Crippen molar-refractivity contribution in [3.63, 3.8) is 0 Å². The summed E-state index contributed by atoms with van der Waals surface area (Å²) in [7, 11) is 0. The number of ether oxygens (including phenoxy) is 1. The summed E-state index contributed by atoms with van der Waals surface area (Å²) in [5.41, 5.74) is 2.85. The Morgan fingerprint density at radius 3 is 2.91 bits per heavy atom. The number of benzene rings is 1. The summed E-state index contributed by atoms with van der Waals surface area (Å²) in [4.78, 5) is 11.9. The van der Waals surface area contributed by atoms with Crippen LogP contribution in [0.25, 0.3) is 0 Å². The van der Waals surface area contributed by atoms with E-state index >= 15 is 0 Å². The second-order valence-electron chi connectivity index (χ2n) is 4.66. The molecule has 1 saturated heterocycles. The van der Waals surface area contributed by atoms with Crippen molar-refractivity contribution in [1.29, 1.82) is 5.26 Å². The van der Waals surface area contributed by atoms with Gasteiger partial charge in [-0.2, -0.15) is 10.4 Å². The van der Waals surface area contributed by atoms with Crippen LogP contribution >= 0.6 is 23.2 Å². The van der Waals surface area contributed by atoms with Crippen molar-refractivity contribution < 1.29 is 9.53 Å². The van der Waals surface area contributed by atoms with Gasteiger partial charge in [-0.1, -0.05) is 23.2 Å². The molecular formula is C14H14Cl2N4O2. The van der Waals surface area contributed by atoms with Crippen molar-refractivity contribution in [2.24, 2.45) is 5.10 Å². The van der Waals surface area contributed by atoms with Crippen molar-refractivity contribution >= 4 is 40.5 Å². The minimum atomic E-state index is -0.550. The van der Waals surface area contributed by atoms with Crippen LogP contribution in [0.3, 0.4) is 0 Å². The lowest BCUT2D eigenvalue weighted by atomic mass is 10.2. The molecule has 22 heavy (non-hydrogen) atoms. The van der Waals surface area contributed by atoms with Crippen molar-refractivity contribution in [2.45, 2.75) is 18.9 Å². The van der Waals surface area contributed by atoms with Crippen LogP contribution in [0.15, 0.2) is 23.3 Å². The van der Waals surface area contributed by atoms with Gasteiger partial charge in [-0.3, -0.25) is 10.2 Å². The summed E-state index contributed by atoms with van der Waals surface area (Å²) in [5.74, 6) is -0.550. The van der Waals surface area contributed by atoms with Gasteiger partial charge in [0.15, 0.2) is 0 Å². The summed E-state index contributed by atoms with van der Waals surface area (Å²) in [6, 6.07) is 6.52. The molecule has 0 spiro atoms. The summed E-state index contributed by atoms with van der Waals surface area (Å²) in [5, 5.41) is 16.2. The lowest BCUT2D eigenvalue weighted by Crippen LogP contribution is -2.36. The van der Waals surface area contributed by atoms with Crippen LogP contribution in [0.1, 0.15) is 12.8 Å². The molecule has 1 aliphatic heterocycles. The molecule has 1 fully saturated rings. The van der Waals surface area contributed by atoms with E-state index in [0.717, 1.165) is 12.8 Å². The molecule has 0 bridgehead atoms. The highest BCUT2D eigenvalue weighted by Gasteiger charge is 2.18. The Morgan fingerprint density at radius 1 is 1.45 bits per heavy atom. The number of hydrazone groups is 1. The first-order valence-electron chi connectivity index (χ1n) is 6.69. The average molecular weight is 341 g/mol. The van der Waals surface area contributed by atoms with E-state index in [4.69, 9.17) is 33.2 Å². The van der Waals surface area contributed by atoms with E-state index in [1.54, 1.807) is 24.3 Å². The van der Waals surface area contributed by atoms with E-state index in [0.29, 0.717) is 28.9 Å². The number of nitrogens with zero attached hydrogens (tertiary/aromatic N) is 2. The van der Waals surface area contributed by atoms with Crippen LogP contribution in [0.4, 0.5) is 5.69 Å². The van der Waals surface area contributed by atoms with Crippen molar-refractivity contribution in [3.05, 3.63) is 28.2 Å². The molecule has 1 aromatic rings. The normalized spacial score (nSPS) is 17.9. The second-order valence-corrected chi connectivity index (χ2v) is 5.47. The van der Waals surface area contributed by atoms with Gasteiger partial charge in [0, 0.05) is 13.2 Å². The van der Waals surface area contributed by atoms with E-state index < -0.39 is 5.91 Å². The van der Waals surface area contributed by atoms with Crippen LogP contribution < -0.4 is 10.7 Å². The van der Waals surface area contributed by atoms with E-state index in [9.17, 15) is 4.79 Å².